The summed E-state index contributed by atoms with van der Waals surface area (Å²) in [5.74, 6) is -0.463. The molecule has 21 rings (SSSR count). The zero-order valence-electron chi connectivity index (χ0n) is 66.4. The Labute approximate surface area is 766 Å². The number of aromatic amines is 3. The molecule has 0 aliphatic carbocycles. The maximum absolute atomic E-state index is 16.0. The summed E-state index contributed by atoms with van der Waals surface area (Å²) >= 11 is 31.5. The fourth-order valence-corrected chi connectivity index (χ4v) is 26.7. The van der Waals surface area contributed by atoms with Gasteiger partial charge in [-0.25, -0.2) is 47.3 Å². The molecule has 6 bridgehead atoms. The van der Waals surface area contributed by atoms with Crippen molar-refractivity contribution in [1.82, 2.24) is 92.7 Å². The minimum absolute atomic E-state index is 0.0158. The van der Waals surface area contributed by atoms with Crippen molar-refractivity contribution in [2.24, 2.45) is 15.7 Å². The van der Waals surface area contributed by atoms with E-state index >= 15 is 8.78 Å². The largest absolute Gasteiger partial charge is 0.400 e. The molecule has 704 valence electrons. The summed E-state index contributed by atoms with van der Waals surface area (Å²) in [5.41, 5.74) is 37.1. The number of halogens is 2. The first-order chi connectivity index (χ1) is 62.2. The molecule has 0 aromatic carbocycles. The van der Waals surface area contributed by atoms with E-state index in [0.717, 1.165) is 11.8 Å². The van der Waals surface area contributed by atoms with E-state index in [9.17, 15) is 43.4 Å². The molecule has 20 N–H and O–H groups in total. The van der Waals surface area contributed by atoms with Crippen LogP contribution in [0, 0.1) is 0 Å². The first kappa shape index (κ1) is 93.2. The van der Waals surface area contributed by atoms with Crippen LogP contribution in [0.3, 0.4) is 0 Å². The number of thiol groups is 1. The monoisotopic (exact) mass is 2070 g/mol. The highest BCUT2D eigenvalue weighted by molar-refractivity contribution is 8.44. The number of H-pyrrole nitrogens is 3. The second kappa shape index (κ2) is 36.2. The van der Waals surface area contributed by atoms with Crippen LogP contribution in [0.2, 0.25) is 0 Å². The van der Waals surface area contributed by atoms with Crippen molar-refractivity contribution < 1.29 is 116 Å². The van der Waals surface area contributed by atoms with E-state index in [4.69, 9.17) is 171 Å². The lowest BCUT2D eigenvalue weighted by molar-refractivity contribution is -0.0680. The maximum Gasteiger partial charge on any atom is 0.386 e. The van der Waals surface area contributed by atoms with E-state index in [2.05, 4.69) is 87.3 Å². The summed E-state index contributed by atoms with van der Waals surface area (Å²) in [7, 11) is 0. The Bertz CT molecular complexity index is 6480. The molecule has 68 heteroatoms. The van der Waals surface area contributed by atoms with Crippen LogP contribution in [0.4, 0.5) is 38.0 Å². The van der Waals surface area contributed by atoms with E-state index in [-0.39, 0.29) is 103 Å². The highest BCUT2D eigenvalue weighted by Gasteiger charge is 2.57. The first-order valence-corrected chi connectivity index (χ1v) is 55.6. The Morgan fingerprint density at radius 2 is 0.924 bits per heavy atom. The number of dihydropyridines is 1. The van der Waals surface area contributed by atoms with Gasteiger partial charge in [0.05, 0.1) is 142 Å². The van der Waals surface area contributed by atoms with E-state index < -0.39 is 203 Å². The van der Waals surface area contributed by atoms with Crippen LogP contribution in [-0.4, -0.2) is 272 Å². The SMILES string of the molecule is NC1=CC=NC2C1N=CN2[C@@H]1O[C@@H]2COP(O)(=S)O[C@@H]3[C@@H](F)[C@@H](COP(=O)(S)O[C@H]2[C@@H]1F)S[C@H]3n1cnc2c(=O)[nH]c(N)nc21.Nc1nc2c(ncn2[C@@H]2O[C@@H]3COP(O)(=S)O[C@H]4C[C@H](c5cnc6c(N)ccnn56)O[C@@H]4COP(O)(=S)O[C@@H]2C3)c(=O)[nH]1.Nc1nc2c(ncn2[C@@H]2O[C@@H]3COP(O)(=S)O[C@H]4C[C@H](c5cnc6c(N)ccnn56)O[C@@H]4COP(O)(=S)O[C@@H]2C3)c(=O)[nH]1. The lowest BCUT2D eigenvalue weighted by Crippen LogP contribution is -2.48. The van der Waals surface area contributed by atoms with E-state index in [1.54, 1.807) is 39.6 Å². The quantitative estimate of drug-likeness (QED) is 0.0829. The standard InChI is InChI=1S/C21H25F2N9O8P2S3.2C21H25N9O9P2S2/c22-10-9-4-37-42(35,44)39-14-8(38-19(11(14)23)31-5-27-12-7(24)1-2-26-16(12)31)3-36-41(34,43)40-15(10)20(45-9)32-6-28-13-17(32)29-21(25)30-18(13)33;2*22-10-1-2-26-30-11(5-24-17(10)30)12-4-13-15(37-12)7-35-41(33,43)39-14-3-9(6-34-40(32,42)38-13)36-20(14)29-8-25-16-18(29)27-21(23)28-19(16)31/h1-2,5-6,8-12,14-16,19-20H,3-4,24H2,(H,34,43)(H,35,44)(H3,25,29,30,33);2*1-2,5,8-9,12-15,20H,3-4,6-7,22H2,(H,32,42)(H,33,43)(H3,23,27,28,31)/t8-,9-,10+,11+,12?,14-,15-,16?,19-,20-,41?,42?;2*9-,12+,13-,14+,15+,20+,40?,41?/m100/s1. The second-order valence-corrected chi connectivity index (χ2v) is 48.8. The number of ether oxygens (including phenoxy) is 5. The molecule has 53 nitrogen and oxygen atoms in total. The van der Waals surface area contributed by atoms with Crippen molar-refractivity contribution in [3.05, 3.63) is 110 Å². The van der Waals surface area contributed by atoms with Crippen molar-refractivity contribution in [3.63, 3.8) is 0 Å². The van der Waals surface area contributed by atoms with Gasteiger partial charge in [0.25, 0.3) is 16.7 Å². The number of aliphatic imine (C=N–C) groups is 2. The number of thioether (sulfide) groups is 1. The minimum atomic E-state index is -4.37. The fourth-order valence-electron chi connectivity index (χ4n) is 16.3. The molecular weight excluding hydrogens is 2000 g/mol. The molecule has 9 saturated heterocycles. The van der Waals surface area contributed by atoms with Gasteiger partial charge in [-0.05, 0) is 77.2 Å². The van der Waals surface area contributed by atoms with E-state index in [1.807, 2.05) is 0 Å². The second-order valence-electron chi connectivity index (χ2n) is 30.7. The van der Waals surface area contributed by atoms with Gasteiger partial charge in [-0.15, -0.1) is 11.8 Å². The Balaban J connectivity index is 0.000000127. The topological polar surface area (TPSA) is 710 Å². The van der Waals surface area contributed by atoms with Gasteiger partial charge >= 0.3 is 40.4 Å². The summed E-state index contributed by atoms with van der Waals surface area (Å²) in [6.45, 7) is -26.2. The molecule has 8 unspecified atom stereocenters. The number of hydrogen-bond acceptors (Lipinski definition) is 46. The van der Waals surface area contributed by atoms with Gasteiger partial charge in [0.2, 0.25) is 17.8 Å². The molecule has 131 heavy (non-hydrogen) atoms. The lowest BCUT2D eigenvalue weighted by atomic mass is 10.1. The zero-order chi connectivity index (χ0) is 92.0. The van der Waals surface area contributed by atoms with Crippen molar-refractivity contribution in [2.45, 2.75) is 159 Å². The Hall–Kier alpha value is -6.87. The number of nitrogens with zero attached hydrogens (tertiary/aromatic N) is 18. The van der Waals surface area contributed by atoms with Gasteiger partial charge < -0.3 is 128 Å². The number of allylic oxidation sites excluding steroid dienone is 1. The van der Waals surface area contributed by atoms with Gasteiger partial charge in [-0.2, -0.15) is 25.1 Å². The molecule has 11 aliphatic heterocycles. The zero-order valence-corrected chi connectivity index (χ0v) is 77.5. The summed E-state index contributed by atoms with van der Waals surface area (Å²) in [6, 6.07) is 2.69. The van der Waals surface area contributed by atoms with Crippen molar-refractivity contribution in [3.8, 4) is 0 Å². The van der Waals surface area contributed by atoms with Crippen molar-refractivity contribution in [1.29, 1.82) is 0 Å². The molecule has 10 aromatic heterocycles. The van der Waals surface area contributed by atoms with Crippen molar-refractivity contribution >= 4 is 210 Å². The number of nitrogens with two attached hydrogens (primary N) is 6. The van der Waals surface area contributed by atoms with Crippen LogP contribution in [0.15, 0.2) is 92.0 Å². The number of nitrogen functional groups attached to an aromatic ring is 5. The van der Waals surface area contributed by atoms with Crippen LogP contribution >= 0.6 is 64.4 Å². The lowest BCUT2D eigenvalue weighted by Gasteiger charge is -2.31. The molecule has 9 fully saturated rings. The smallest absolute Gasteiger partial charge is 0.386 e. The maximum atomic E-state index is 16.0. The first-order valence-electron chi connectivity index (χ1n) is 39.0. The van der Waals surface area contributed by atoms with E-state index in [1.165, 1.54) is 62.5 Å². The van der Waals surface area contributed by atoms with Gasteiger partial charge in [-0.1, -0.05) is 12.2 Å². The van der Waals surface area contributed by atoms with Crippen LogP contribution in [-0.2, 0) is 142 Å². The molecule has 0 amide bonds. The summed E-state index contributed by atoms with van der Waals surface area (Å²) in [5, 5.41) is 6.50. The normalized spacial score (nSPS) is 38.1. The summed E-state index contributed by atoms with van der Waals surface area (Å²) in [4.78, 5) is 143. The number of hydrogen-bond donors (Lipinski definition) is 15. The highest BCUT2D eigenvalue weighted by Crippen LogP contribution is 2.62. The van der Waals surface area contributed by atoms with Crippen molar-refractivity contribution in [2.75, 3.05) is 68.3 Å². The predicted octanol–water partition coefficient (Wildman–Crippen LogP) is 1.54. The van der Waals surface area contributed by atoms with Crippen LogP contribution in [0.5, 0.6) is 0 Å². The summed E-state index contributed by atoms with van der Waals surface area (Å²) < 4.78 is 152. The Morgan fingerprint density at radius 1 is 0.481 bits per heavy atom. The number of fused-ring (bicyclic) bond motifs is 15. The average molecular weight is 2070 g/mol. The highest BCUT2D eigenvalue weighted by atomic mass is 32.7. The third-order valence-electron chi connectivity index (χ3n) is 22.1. The van der Waals surface area contributed by atoms with Gasteiger partial charge in [-0.3, -0.25) is 66.6 Å². The van der Waals surface area contributed by atoms with Gasteiger partial charge in [0, 0.05) is 37.6 Å². The molecule has 10 aromatic rings. The predicted molar refractivity (Wildman–Crippen MR) is 476 cm³/mol. The number of nitrogens with one attached hydrogen (secondary N) is 3. The van der Waals surface area contributed by atoms with Crippen LogP contribution in [0.1, 0.15) is 67.1 Å². The number of imidazole rings is 5. The Kier molecular flexibility index (Phi) is 25.8. The van der Waals surface area contributed by atoms with Gasteiger partial charge in [0.15, 0.2) is 75.8 Å². The fraction of sp³-hybridized carbons (Fsp3) is 0.508. The molecule has 28 atom stereocenters. The number of anilines is 5. The number of rotatable bonds is 6. The third-order valence-corrected chi connectivity index (χ3v) is 33.1. The van der Waals surface area contributed by atoms with E-state index in [0.29, 0.717) is 39.8 Å². The van der Waals surface area contributed by atoms with Crippen LogP contribution in [0.25, 0.3) is 44.8 Å². The molecule has 0 saturated carbocycles. The minimum Gasteiger partial charge on any atom is -0.400 e. The van der Waals surface area contributed by atoms with Gasteiger partial charge in [0.1, 0.15) is 72.5 Å². The summed E-state index contributed by atoms with van der Waals surface area (Å²) in [6.07, 6.45) is -4.68. The molecule has 21 heterocycles. The molecular formula is C63H75F2N27O26P6S7. The Morgan fingerprint density at radius 3 is 1.41 bits per heavy atom. The average Bonchev–Trinajstić information content (AvgIpc) is 1.62. The third kappa shape index (κ3) is 19.2. The molecule has 11 aliphatic rings. The number of alkyl halides is 2. The molecule has 0 spiro atoms. The molecule has 0 radical (unpaired) electrons. The number of aromatic nitrogens is 18. The van der Waals surface area contributed by atoms with Crippen LogP contribution < -0.4 is 51.1 Å².